The van der Waals surface area contributed by atoms with Gasteiger partial charge in [-0.3, -0.25) is 19.2 Å². The van der Waals surface area contributed by atoms with Crippen LogP contribution >= 0.6 is 0 Å². The Kier molecular flexibility index (Phi) is 22.1. The van der Waals surface area contributed by atoms with Crippen molar-refractivity contribution in [2.24, 2.45) is 5.92 Å². The lowest BCUT2D eigenvalue weighted by molar-refractivity contribution is -0.148. The number of hydrogen-bond donors (Lipinski definition) is 6. The molecule has 1 heterocycles. The first-order chi connectivity index (χ1) is 34.2. The van der Waals surface area contributed by atoms with Crippen molar-refractivity contribution in [1.29, 1.82) is 0 Å². The third-order valence-corrected chi connectivity index (χ3v) is 11.1. The molecule has 19 nitrogen and oxygen atoms in total. The van der Waals surface area contributed by atoms with Crippen molar-refractivity contribution in [3.05, 3.63) is 71.3 Å². The van der Waals surface area contributed by atoms with E-state index in [1.54, 1.807) is 106 Å². The van der Waals surface area contributed by atoms with Crippen molar-refractivity contribution in [2.45, 2.75) is 174 Å². The Balaban J connectivity index is 1.97. The largest absolute Gasteiger partial charge is 0.467 e. The number of likely N-dealkylation sites (tertiary alicyclic amines) is 1. The third kappa shape index (κ3) is 21.5. The topological polar surface area (TPSA) is 249 Å². The van der Waals surface area contributed by atoms with E-state index in [1.165, 1.54) is 17.0 Å². The molecule has 1 saturated heterocycles. The number of ether oxygens (including phenoxy) is 4. The average Bonchev–Trinajstić information content (AvgIpc) is 3.70. The van der Waals surface area contributed by atoms with Gasteiger partial charge in [-0.2, -0.15) is 13.2 Å². The molecule has 412 valence electrons. The number of hydrogen-bond acceptors (Lipinski definition) is 12. The van der Waals surface area contributed by atoms with Crippen molar-refractivity contribution in [1.82, 2.24) is 36.8 Å². The molecule has 5 atom stereocenters. The predicted octanol–water partition coefficient (Wildman–Crippen LogP) is 6.25. The number of carbonyl (C=O) groups is 8. The fourth-order valence-electron chi connectivity index (χ4n) is 7.77. The lowest BCUT2D eigenvalue weighted by Gasteiger charge is -2.31. The van der Waals surface area contributed by atoms with Crippen molar-refractivity contribution in [3.8, 4) is 0 Å². The van der Waals surface area contributed by atoms with E-state index in [9.17, 15) is 51.5 Å². The molecule has 0 aromatic heterocycles. The number of alkyl halides is 3. The van der Waals surface area contributed by atoms with Gasteiger partial charge in [-0.15, -0.1) is 0 Å². The Morgan fingerprint density at radius 3 is 1.64 bits per heavy atom. The highest BCUT2D eigenvalue weighted by Crippen LogP contribution is 2.30. The van der Waals surface area contributed by atoms with Crippen LogP contribution in [0.25, 0.3) is 0 Å². The molecule has 0 aliphatic carbocycles. The van der Waals surface area contributed by atoms with Crippen LogP contribution < -0.4 is 31.9 Å². The number of esters is 1. The number of methoxy groups -OCH3 is 1. The molecule has 0 saturated carbocycles. The fourth-order valence-corrected chi connectivity index (χ4v) is 7.77. The van der Waals surface area contributed by atoms with E-state index in [4.69, 9.17) is 18.9 Å². The highest BCUT2D eigenvalue weighted by Gasteiger charge is 2.50. The Bertz CT molecular complexity index is 2240. The Morgan fingerprint density at radius 2 is 1.11 bits per heavy atom. The molecule has 0 spiro atoms. The summed E-state index contributed by atoms with van der Waals surface area (Å²) >= 11 is 0. The van der Waals surface area contributed by atoms with Gasteiger partial charge in [-0.25, -0.2) is 19.2 Å². The zero-order valence-electron chi connectivity index (χ0n) is 44.6. The lowest BCUT2D eigenvalue weighted by Crippen LogP contribution is -2.60. The predicted molar refractivity (Wildman–Crippen MR) is 267 cm³/mol. The minimum Gasteiger partial charge on any atom is -0.467 e. The molecule has 2 aromatic rings. The number of amides is 7. The van der Waals surface area contributed by atoms with Crippen LogP contribution in [0.4, 0.5) is 27.6 Å². The smallest absolute Gasteiger partial charge is 0.416 e. The summed E-state index contributed by atoms with van der Waals surface area (Å²) in [5.74, 6) is -4.13. The van der Waals surface area contributed by atoms with Crippen molar-refractivity contribution >= 4 is 47.9 Å². The van der Waals surface area contributed by atoms with E-state index in [1.807, 2.05) is 0 Å². The number of carbonyl (C=O) groups excluding carboxylic acids is 8. The van der Waals surface area contributed by atoms with Gasteiger partial charge >= 0.3 is 30.4 Å². The number of benzene rings is 2. The Hall–Kier alpha value is -6.61. The molecule has 1 unspecified atom stereocenters. The molecular formula is C52H76F3N7O12. The third-order valence-electron chi connectivity index (χ3n) is 11.1. The Labute approximate surface area is 431 Å². The molecule has 1 aliphatic heterocycles. The van der Waals surface area contributed by atoms with Crippen LogP contribution in [-0.2, 0) is 61.9 Å². The molecule has 0 radical (unpaired) electrons. The van der Waals surface area contributed by atoms with Crippen LogP contribution in [0.2, 0.25) is 0 Å². The zero-order chi connectivity index (χ0) is 55.8. The maximum absolute atomic E-state index is 14.5. The first kappa shape index (κ1) is 61.7. The molecule has 7 amide bonds. The molecular weight excluding hydrogens is 972 g/mol. The first-order valence-corrected chi connectivity index (χ1v) is 24.6. The SMILES string of the molecule is COC(=O)C1(NC(=O)OC(C)(C)C)CCN(C(=O)[C@@H](CCCCNC(=O)OC(C)(C)C)NC(=O)[C@@H](CC(C)C)NC(=O)[C@@H](Cc2ccccc2)NC(=O)[C@@H](Cc2ccc(C(F)(F)F)cc2)NC(=O)OC(C)(C)C)C1. The number of nitrogens with zero attached hydrogens (tertiary/aromatic N) is 1. The number of alkyl carbamates (subject to hydrolysis) is 3. The van der Waals surface area contributed by atoms with E-state index in [-0.39, 0.29) is 69.6 Å². The van der Waals surface area contributed by atoms with Gasteiger partial charge < -0.3 is 55.7 Å². The molecule has 0 bridgehead atoms. The minimum absolute atomic E-state index is 0.0296. The zero-order valence-corrected chi connectivity index (χ0v) is 44.6. The van der Waals surface area contributed by atoms with Gasteiger partial charge in [0.2, 0.25) is 23.6 Å². The highest BCUT2D eigenvalue weighted by molar-refractivity contribution is 5.96. The molecule has 1 fully saturated rings. The lowest BCUT2D eigenvalue weighted by atomic mass is 9.99. The van der Waals surface area contributed by atoms with Crippen LogP contribution in [0.3, 0.4) is 0 Å². The fraction of sp³-hybridized carbons (Fsp3) is 0.615. The number of unbranched alkanes of at least 4 members (excludes halogenated alkanes) is 1. The van der Waals surface area contributed by atoms with Crippen molar-refractivity contribution in [3.63, 3.8) is 0 Å². The molecule has 6 N–H and O–H groups in total. The summed E-state index contributed by atoms with van der Waals surface area (Å²) in [4.78, 5) is 111. The second-order valence-corrected chi connectivity index (χ2v) is 21.7. The van der Waals surface area contributed by atoms with Gasteiger partial charge in [-0.05, 0) is 117 Å². The summed E-state index contributed by atoms with van der Waals surface area (Å²) in [6.45, 7) is 18.3. The van der Waals surface area contributed by atoms with Gasteiger partial charge in [-0.1, -0.05) is 56.3 Å². The van der Waals surface area contributed by atoms with E-state index < -0.39 is 106 Å². The second-order valence-electron chi connectivity index (χ2n) is 21.7. The maximum Gasteiger partial charge on any atom is 0.416 e. The van der Waals surface area contributed by atoms with E-state index in [0.717, 1.165) is 19.2 Å². The first-order valence-electron chi connectivity index (χ1n) is 24.6. The number of rotatable bonds is 21. The molecule has 2 aromatic carbocycles. The van der Waals surface area contributed by atoms with Crippen LogP contribution in [0.5, 0.6) is 0 Å². The highest BCUT2D eigenvalue weighted by atomic mass is 19.4. The molecule has 74 heavy (non-hydrogen) atoms. The molecule has 1 aliphatic rings. The van der Waals surface area contributed by atoms with Crippen molar-refractivity contribution < 1.29 is 70.5 Å². The van der Waals surface area contributed by atoms with E-state index in [2.05, 4.69) is 31.9 Å². The van der Waals surface area contributed by atoms with Gasteiger partial charge in [0.1, 0.15) is 41.0 Å². The summed E-state index contributed by atoms with van der Waals surface area (Å²) < 4.78 is 61.4. The second kappa shape index (κ2) is 26.6. The van der Waals surface area contributed by atoms with Gasteiger partial charge in [0.15, 0.2) is 5.54 Å². The monoisotopic (exact) mass is 1050 g/mol. The summed E-state index contributed by atoms with van der Waals surface area (Å²) in [6.07, 6.45) is -6.94. The quantitative estimate of drug-likeness (QED) is 0.0462. The molecule has 3 rings (SSSR count). The van der Waals surface area contributed by atoms with Gasteiger partial charge in [0.25, 0.3) is 0 Å². The number of halogens is 3. The van der Waals surface area contributed by atoms with Crippen molar-refractivity contribution in [2.75, 3.05) is 26.7 Å². The summed E-state index contributed by atoms with van der Waals surface area (Å²) in [5.41, 5.74) is -4.42. The summed E-state index contributed by atoms with van der Waals surface area (Å²) in [5, 5.41) is 16.0. The van der Waals surface area contributed by atoms with Crippen LogP contribution in [-0.4, -0.2) is 126 Å². The minimum atomic E-state index is -4.63. The van der Waals surface area contributed by atoms with E-state index in [0.29, 0.717) is 12.0 Å². The maximum atomic E-state index is 14.5. The average molecular weight is 1050 g/mol. The van der Waals surface area contributed by atoms with Crippen LogP contribution in [0, 0.1) is 5.92 Å². The Morgan fingerprint density at radius 1 is 0.622 bits per heavy atom. The van der Waals surface area contributed by atoms with E-state index >= 15 is 0 Å². The standard InChI is InChI=1S/C52H76F3N7O12/c1-32(2)28-37(40(63)57-36(20-16-17-26-56-45(68)72-48(3,4)5)43(66)62-27-25-51(31-62,44(67)71-12)61-47(70)74-50(9,10)11)58-41(64)38(29-33-18-14-13-15-19-33)59-42(65)39(60-46(69)73-49(6,7)8)30-34-21-23-35(24-22-34)52(53,54)55/h13-15,18-19,21-24,32,36-39H,16-17,20,25-31H2,1-12H3,(H,56,68)(H,57,63)(H,58,64)(H,59,65)(H,60,69)(H,61,70)/t36-,37-,38-,39-,51?/m1/s1. The van der Waals surface area contributed by atoms with Crippen LogP contribution in [0.1, 0.15) is 125 Å². The van der Waals surface area contributed by atoms with Gasteiger partial charge in [0, 0.05) is 32.4 Å². The normalized spacial score (nSPS) is 16.6. The summed E-state index contributed by atoms with van der Waals surface area (Å²) in [6, 6.07) is 7.20. The molecule has 22 heteroatoms. The van der Waals surface area contributed by atoms with Gasteiger partial charge in [0.05, 0.1) is 19.2 Å². The summed E-state index contributed by atoms with van der Waals surface area (Å²) in [7, 11) is 1.14. The van der Waals surface area contributed by atoms with Crippen LogP contribution in [0.15, 0.2) is 54.6 Å². The number of nitrogens with one attached hydrogen (secondary N) is 6.